The Labute approximate surface area is 131 Å². The molecule has 3 rings (SSSR count). The predicted octanol–water partition coefficient (Wildman–Crippen LogP) is 3.08. The molecule has 1 aromatic carbocycles. The summed E-state index contributed by atoms with van der Waals surface area (Å²) in [6.45, 7) is 5.14. The SMILES string of the molecule is CC(C)n1ncc(Br)c1C(O)c1ccc2c(c1)OCCO2. The van der Waals surface area contributed by atoms with Crippen molar-refractivity contribution in [2.24, 2.45) is 0 Å². The van der Waals surface area contributed by atoms with Crippen LogP contribution in [-0.2, 0) is 0 Å². The molecule has 0 aliphatic carbocycles. The lowest BCUT2D eigenvalue weighted by atomic mass is 10.1. The maximum absolute atomic E-state index is 10.7. The highest BCUT2D eigenvalue weighted by molar-refractivity contribution is 9.10. The highest BCUT2D eigenvalue weighted by Gasteiger charge is 2.23. The molecule has 0 amide bonds. The molecule has 112 valence electrons. The normalized spacial score (nSPS) is 15.3. The molecular formula is C15H17BrN2O3. The van der Waals surface area contributed by atoms with Crippen molar-refractivity contribution >= 4 is 15.9 Å². The fraction of sp³-hybridized carbons (Fsp3) is 0.400. The lowest BCUT2D eigenvalue weighted by molar-refractivity contribution is 0.169. The molecule has 0 saturated carbocycles. The minimum atomic E-state index is -0.778. The second kappa shape index (κ2) is 5.69. The maximum atomic E-state index is 10.7. The summed E-state index contributed by atoms with van der Waals surface area (Å²) in [4.78, 5) is 0. The van der Waals surface area contributed by atoms with E-state index in [9.17, 15) is 5.11 Å². The third-order valence-electron chi connectivity index (χ3n) is 3.42. The van der Waals surface area contributed by atoms with Crippen LogP contribution in [-0.4, -0.2) is 28.1 Å². The number of fused-ring (bicyclic) bond motifs is 1. The number of aliphatic hydroxyl groups excluding tert-OH is 1. The van der Waals surface area contributed by atoms with Crippen molar-refractivity contribution in [2.45, 2.75) is 26.0 Å². The predicted molar refractivity (Wildman–Crippen MR) is 81.8 cm³/mol. The third-order valence-corrected chi connectivity index (χ3v) is 4.03. The van der Waals surface area contributed by atoms with E-state index in [1.165, 1.54) is 0 Å². The Morgan fingerprint density at radius 1 is 1.24 bits per heavy atom. The van der Waals surface area contributed by atoms with Crippen LogP contribution in [0.15, 0.2) is 28.9 Å². The van der Waals surface area contributed by atoms with Gasteiger partial charge in [-0.15, -0.1) is 0 Å². The molecule has 0 spiro atoms. The van der Waals surface area contributed by atoms with Crippen molar-refractivity contribution in [1.82, 2.24) is 9.78 Å². The van der Waals surface area contributed by atoms with E-state index in [2.05, 4.69) is 21.0 Å². The van der Waals surface area contributed by atoms with Gasteiger partial charge in [-0.25, -0.2) is 0 Å². The summed E-state index contributed by atoms with van der Waals surface area (Å²) in [6.07, 6.45) is 0.927. The largest absolute Gasteiger partial charge is 0.486 e. The van der Waals surface area contributed by atoms with Crippen molar-refractivity contribution in [1.29, 1.82) is 0 Å². The number of hydrogen-bond acceptors (Lipinski definition) is 4. The highest BCUT2D eigenvalue weighted by atomic mass is 79.9. The number of hydrogen-bond donors (Lipinski definition) is 1. The summed E-state index contributed by atoms with van der Waals surface area (Å²) < 4.78 is 13.7. The molecule has 0 saturated heterocycles. The third kappa shape index (κ3) is 2.65. The summed E-state index contributed by atoms with van der Waals surface area (Å²) in [5.74, 6) is 1.39. The number of aliphatic hydroxyl groups is 1. The lowest BCUT2D eigenvalue weighted by Gasteiger charge is -2.21. The van der Waals surface area contributed by atoms with E-state index in [1.807, 2.05) is 36.7 Å². The van der Waals surface area contributed by atoms with Gasteiger partial charge in [-0.3, -0.25) is 4.68 Å². The van der Waals surface area contributed by atoms with Gasteiger partial charge < -0.3 is 14.6 Å². The van der Waals surface area contributed by atoms with E-state index in [1.54, 1.807) is 6.20 Å². The van der Waals surface area contributed by atoms with Crippen molar-refractivity contribution in [3.05, 3.63) is 40.1 Å². The topological polar surface area (TPSA) is 56.5 Å². The standard InChI is InChI=1S/C15H17BrN2O3/c1-9(2)18-14(11(16)8-17-18)15(19)10-3-4-12-13(7-10)21-6-5-20-12/h3-4,7-9,15,19H,5-6H2,1-2H3. The first-order valence-corrected chi connectivity index (χ1v) is 7.67. The number of aromatic nitrogens is 2. The van der Waals surface area contributed by atoms with Crippen LogP contribution in [0.25, 0.3) is 0 Å². The molecule has 21 heavy (non-hydrogen) atoms. The maximum Gasteiger partial charge on any atom is 0.161 e. The number of rotatable bonds is 3. The number of halogens is 1. The van der Waals surface area contributed by atoms with Gasteiger partial charge in [0.05, 0.1) is 16.4 Å². The summed E-state index contributed by atoms with van der Waals surface area (Å²) in [7, 11) is 0. The Balaban J connectivity index is 1.99. The number of benzene rings is 1. The van der Waals surface area contributed by atoms with E-state index in [0.717, 1.165) is 15.7 Å². The van der Waals surface area contributed by atoms with Gasteiger partial charge in [0.2, 0.25) is 0 Å². The quantitative estimate of drug-likeness (QED) is 0.922. The van der Waals surface area contributed by atoms with Crippen molar-refractivity contribution in [2.75, 3.05) is 13.2 Å². The monoisotopic (exact) mass is 352 g/mol. The Morgan fingerprint density at radius 3 is 2.67 bits per heavy atom. The molecular weight excluding hydrogens is 336 g/mol. The van der Waals surface area contributed by atoms with Gasteiger partial charge >= 0.3 is 0 Å². The minimum absolute atomic E-state index is 0.165. The zero-order valence-corrected chi connectivity index (χ0v) is 13.5. The summed E-state index contributed by atoms with van der Waals surface area (Å²) >= 11 is 3.46. The van der Waals surface area contributed by atoms with Gasteiger partial charge in [-0.05, 0) is 47.5 Å². The van der Waals surface area contributed by atoms with Crippen LogP contribution in [0.5, 0.6) is 11.5 Å². The molecule has 0 bridgehead atoms. The van der Waals surface area contributed by atoms with Crippen LogP contribution < -0.4 is 9.47 Å². The molecule has 1 unspecified atom stereocenters. The average Bonchev–Trinajstić information content (AvgIpc) is 2.88. The van der Waals surface area contributed by atoms with Crippen molar-refractivity contribution in [3.8, 4) is 11.5 Å². The molecule has 0 radical (unpaired) electrons. The lowest BCUT2D eigenvalue weighted by Crippen LogP contribution is -2.16. The molecule has 1 aliphatic heterocycles. The molecule has 0 fully saturated rings. The van der Waals surface area contributed by atoms with Gasteiger partial charge in [-0.1, -0.05) is 6.07 Å². The van der Waals surface area contributed by atoms with Gasteiger partial charge in [0.1, 0.15) is 19.3 Å². The summed E-state index contributed by atoms with van der Waals surface area (Å²) in [5.41, 5.74) is 1.49. The minimum Gasteiger partial charge on any atom is -0.486 e. The van der Waals surface area contributed by atoms with Crippen LogP contribution in [0, 0.1) is 0 Å². The van der Waals surface area contributed by atoms with E-state index in [0.29, 0.717) is 24.7 Å². The van der Waals surface area contributed by atoms with E-state index in [4.69, 9.17) is 9.47 Å². The van der Waals surface area contributed by atoms with Gasteiger partial charge in [0.15, 0.2) is 11.5 Å². The Morgan fingerprint density at radius 2 is 1.95 bits per heavy atom. The molecule has 2 heterocycles. The zero-order valence-electron chi connectivity index (χ0n) is 11.9. The Hall–Kier alpha value is -1.53. The first-order valence-electron chi connectivity index (χ1n) is 6.88. The Kier molecular flexibility index (Phi) is 3.91. The molecule has 5 nitrogen and oxygen atoms in total. The number of ether oxygens (including phenoxy) is 2. The smallest absolute Gasteiger partial charge is 0.161 e. The molecule has 1 aromatic heterocycles. The van der Waals surface area contributed by atoms with E-state index < -0.39 is 6.10 Å². The Bertz CT molecular complexity index is 654. The average molecular weight is 353 g/mol. The van der Waals surface area contributed by atoms with Crippen LogP contribution in [0.3, 0.4) is 0 Å². The highest BCUT2D eigenvalue weighted by Crippen LogP contribution is 2.36. The second-order valence-corrected chi connectivity index (χ2v) is 6.08. The van der Waals surface area contributed by atoms with Gasteiger partial charge in [-0.2, -0.15) is 5.10 Å². The van der Waals surface area contributed by atoms with Gasteiger partial charge in [0.25, 0.3) is 0 Å². The summed E-state index contributed by atoms with van der Waals surface area (Å²) in [6, 6.07) is 5.67. The fourth-order valence-corrected chi connectivity index (χ4v) is 2.90. The van der Waals surface area contributed by atoms with Gasteiger partial charge in [0, 0.05) is 6.04 Å². The van der Waals surface area contributed by atoms with Crippen molar-refractivity contribution < 1.29 is 14.6 Å². The first-order chi connectivity index (χ1) is 10.1. The van der Waals surface area contributed by atoms with Crippen LogP contribution in [0.1, 0.15) is 37.3 Å². The molecule has 1 N–H and O–H groups in total. The molecule has 2 aromatic rings. The molecule has 1 aliphatic rings. The summed E-state index contributed by atoms with van der Waals surface area (Å²) in [5, 5.41) is 15.0. The first kappa shape index (κ1) is 14.4. The number of nitrogens with zero attached hydrogens (tertiary/aromatic N) is 2. The van der Waals surface area contributed by atoms with E-state index >= 15 is 0 Å². The fourth-order valence-electron chi connectivity index (χ4n) is 2.41. The zero-order chi connectivity index (χ0) is 15.0. The molecule has 6 heteroatoms. The van der Waals surface area contributed by atoms with E-state index in [-0.39, 0.29) is 6.04 Å². The van der Waals surface area contributed by atoms with Crippen LogP contribution in [0.2, 0.25) is 0 Å². The second-order valence-electron chi connectivity index (χ2n) is 5.22. The van der Waals surface area contributed by atoms with Crippen LogP contribution in [0.4, 0.5) is 0 Å². The van der Waals surface area contributed by atoms with Crippen molar-refractivity contribution in [3.63, 3.8) is 0 Å². The molecule has 1 atom stereocenters. The van der Waals surface area contributed by atoms with Crippen LogP contribution >= 0.6 is 15.9 Å².